The third kappa shape index (κ3) is 5.48. The third-order valence-corrected chi connectivity index (χ3v) is 4.35. The number of hydrogen-bond donors (Lipinski definition) is 2. The number of hydrogen-bond acceptors (Lipinski definition) is 5. The molecule has 1 fully saturated rings. The van der Waals surface area contributed by atoms with Gasteiger partial charge in [0.2, 0.25) is 0 Å². The van der Waals surface area contributed by atoms with Crippen LogP contribution in [0.2, 0.25) is 5.02 Å². The summed E-state index contributed by atoms with van der Waals surface area (Å²) < 4.78 is 5.48. The normalized spacial score (nSPS) is 20.0. The van der Waals surface area contributed by atoms with Crippen molar-refractivity contribution >= 4 is 41.5 Å². The van der Waals surface area contributed by atoms with E-state index in [9.17, 15) is 0 Å². The Labute approximate surface area is 159 Å². The molecular weight excluding hydrogens is 427 g/mol. The second-order valence-corrected chi connectivity index (χ2v) is 6.04. The minimum atomic E-state index is 0. The molecule has 1 atom stereocenters. The van der Waals surface area contributed by atoms with E-state index in [1.54, 1.807) is 0 Å². The van der Waals surface area contributed by atoms with Crippen LogP contribution in [0.3, 0.4) is 0 Å². The number of nitrogens with one attached hydrogen (secondary N) is 2. The first-order valence-corrected chi connectivity index (χ1v) is 8.30. The van der Waals surface area contributed by atoms with E-state index < -0.39 is 0 Å². The van der Waals surface area contributed by atoms with Gasteiger partial charge < -0.3 is 15.4 Å². The molecule has 5 nitrogen and oxygen atoms in total. The molecule has 0 spiro atoms. The lowest BCUT2D eigenvalue weighted by molar-refractivity contribution is 0.0170. The number of morpholine rings is 1. The second-order valence-electron chi connectivity index (χ2n) is 5.61. The fourth-order valence-corrected chi connectivity index (χ4v) is 3.00. The van der Waals surface area contributed by atoms with Crippen molar-refractivity contribution in [3.8, 4) is 0 Å². The fraction of sp³-hybridized carbons (Fsp3) is 0.562. The highest BCUT2D eigenvalue weighted by molar-refractivity contribution is 14.0. The smallest absolute Gasteiger partial charge is 0.191 e. The van der Waals surface area contributed by atoms with E-state index >= 15 is 0 Å². The molecule has 1 unspecified atom stereocenters. The van der Waals surface area contributed by atoms with Crippen LogP contribution >= 0.6 is 35.6 Å². The van der Waals surface area contributed by atoms with Crippen molar-refractivity contribution in [3.63, 3.8) is 0 Å². The molecule has 0 aromatic heterocycles. The Hall–Kier alpha value is -0.570. The maximum absolute atomic E-state index is 6.02. The average molecular weight is 451 g/mol. The SMILES string of the molecule is Clc1ccc(C(CNC2=NCCCN2)N2CCOCC2)cc1.I. The third-order valence-electron chi connectivity index (χ3n) is 4.10. The summed E-state index contributed by atoms with van der Waals surface area (Å²) in [5.41, 5.74) is 1.27. The van der Waals surface area contributed by atoms with Crippen LogP contribution in [0.1, 0.15) is 18.0 Å². The molecule has 0 bridgehead atoms. The van der Waals surface area contributed by atoms with Gasteiger partial charge in [-0.2, -0.15) is 0 Å². The topological polar surface area (TPSA) is 48.9 Å². The summed E-state index contributed by atoms with van der Waals surface area (Å²) in [4.78, 5) is 6.95. The Morgan fingerprint density at radius 1 is 1.26 bits per heavy atom. The Morgan fingerprint density at radius 2 is 2.00 bits per heavy atom. The number of rotatable bonds is 4. The van der Waals surface area contributed by atoms with Gasteiger partial charge in [-0.15, -0.1) is 24.0 Å². The molecule has 0 saturated carbocycles. The highest BCUT2D eigenvalue weighted by Gasteiger charge is 2.23. The standard InChI is InChI=1S/C16H23ClN4O.HI/c17-14-4-2-13(3-5-14)15(21-8-10-22-11-9-21)12-20-16-18-6-1-7-19-16;/h2-5,15H,1,6-12H2,(H2,18,19,20);1H. The first-order valence-electron chi connectivity index (χ1n) is 7.92. The molecule has 2 aliphatic rings. The monoisotopic (exact) mass is 450 g/mol. The van der Waals surface area contributed by atoms with Gasteiger partial charge in [-0.1, -0.05) is 23.7 Å². The van der Waals surface area contributed by atoms with E-state index in [1.807, 2.05) is 12.1 Å². The first-order chi connectivity index (χ1) is 10.8. The van der Waals surface area contributed by atoms with Crippen molar-refractivity contribution in [1.29, 1.82) is 0 Å². The van der Waals surface area contributed by atoms with Crippen LogP contribution in [0.25, 0.3) is 0 Å². The van der Waals surface area contributed by atoms with Crippen LogP contribution in [0.15, 0.2) is 29.3 Å². The number of benzene rings is 1. The van der Waals surface area contributed by atoms with Gasteiger partial charge in [-0.05, 0) is 24.1 Å². The largest absolute Gasteiger partial charge is 0.379 e. The summed E-state index contributed by atoms with van der Waals surface area (Å²) in [5, 5.41) is 7.54. The zero-order chi connectivity index (χ0) is 15.2. The molecule has 7 heteroatoms. The van der Waals surface area contributed by atoms with Crippen LogP contribution in [0.5, 0.6) is 0 Å². The summed E-state index contributed by atoms with van der Waals surface area (Å²) in [6.07, 6.45) is 1.11. The van der Waals surface area contributed by atoms with Crippen molar-refractivity contribution < 1.29 is 4.74 Å². The number of nitrogens with zero attached hydrogens (tertiary/aromatic N) is 2. The van der Waals surface area contributed by atoms with Crippen LogP contribution in [-0.4, -0.2) is 56.8 Å². The second kappa shape index (κ2) is 9.66. The quantitative estimate of drug-likeness (QED) is 0.691. The Kier molecular flexibility index (Phi) is 7.88. The van der Waals surface area contributed by atoms with Crippen molar-refractivity contribution in [2.45, 2.75) is 12.5 Å². The number of aliphatic imine (C=N–C) groups is 1. The maximum Gasteiger partial charge on any atom is 0.191 e. The molecule has 2 heterocycles. The van der Waals surface area contributed by atoms with Gasteiger partial charge in [0.05, 0.1) is 19.3 Å². The van der Waals surface area contributed by atoms with Gasteiger partial charge in [-0.25, -0.2) is 0 Å². The zero-order valence-electron chi connectivity index (χ0n) is 13.1. The molecule has 23 heavy (non-hydrogen) atoms. The van der Waals surface area contributed by atoms with Gasteiger partial charge in [-0.3, -0.25) is 9.89 Å². The van der Waals surface area contributed by atoms with Gasteiger partial charge in [0, 0.05) is 37.7 Å². The van der Waals surface area contributed by atoms with E-state index in [0.717, 1.165) is 63.3 Å². The lowest BCUT2D eigenvalue weighted by Crippen LogP contribution is -2.47. The van der Waals surface area contributed by atoms with Crippen molar-refractivity contribution in [3.05, 3.63) is 34.9 Å². The number of ether oxygens (including phenoxy) is 1. The Bertz CT molecular complexity index is 505. The van der Waals surface area contributed by atoms with E-state index in [0.29, 0.717) is 6.04 Å². The average Bonchev–Trinajstić information content (AvgIpc) is 2.58. The molecule has 2 N–H and O–H groups in total. The number of halogens is 2. The van der Waals surface area contributed by atoms with Crippen molar-refractivity contribution in [1.82, 2.24) is 15.5 Å². The predicted octanol–water partition coefficient (Wildman–Crippen LogP) is 2.27. The summed E-state index contributed by atoms with van der Waals surface area (Å²) in [5.74, 6) is 0.915. The number of guanidine groups is 1. The van der Waals surface area contributed by atoms with Gasteiger partial charge in [0.25, 0.3) is 0 Å². The highest BCUT2D eigenvalue weighted by Crippen LogP contribution is 2.23. The molecule has 2 aliphatic heterocycles. The van der Waals surface area contributed by atoms with Crippen LogP contribution in [-0.2, 0) is 4.74 Å². The lowest BCUT2D eigenvalue weighted by atomic mass is 10.0. The van der Waals surface area contributed by atoms with Crippen LogP contribution in [0.4, 0.5) is 0 Å². The van der Waals surface area contributed by atoms with E-state index in [-0.39, 0.29) is 24.0 Å². The summed E-state index contributed by atoms with van der Waals surface area (Å²) in [7, 11) is 0. The van der Waals surface area contributed by atoms with Gasteiger partial charge in [0.15, 0.2) is 5.96 Å². The van der Waals surface area contributed by atoms with E-state index in [2.05, 4.69) is 32.7 Å². The first kappa shape index (κ1) is 18.8. The van der Waals surface area contributed by atoms with Crippen molar-refractivity contribution in [2.24, 2.45) is 4.99 Å². The molecule has 0 radical (unpaired) electrons. The minimum Gasteiger partial charge on any atom is -0.379 e. The lowest BCUT2D eigenvalue weighted by Gasteiger charge is -2.35. The molecule has 128 valence electrons. The van der Waals surface area contributed by atoms with Gasteiger partial charge >= 0.3 is 0 Å². The highest BCUT2D eigenvalue weighted by atomic mass is 127. The summed E-state index contributed by atoms with van der Waals surface area (Å²) in [6, 6.07) is 8.44. The summed E-state index contributed by atoms with van der Waals surface area (Å²) in [6.45, 7) is 6.22. The molecule has 1 aromatic carbocycles. The minimum absolute atomic E-state index is 0. The molecule has 0 amide bonds. The molecule has 0 aliphatic carbocycles. The zero-order valence-corrected chi connectivity index (χ0v) is 16.2. The van der Waals surface area contributed by atoms with Crippen LogP contribution in [0, 0.1) is 0 Å². The van der Waals surface area contributed by atoms with Crippen molar-refractivity contribution in [2.75, 3.05) is 45.9 Å². The summed E-state index contributed by atoms with van der Waals surface area (Å²) >= 11 is 6.02. The fourth-order valence-electron chi connectivity index (χ4n) is 2.88. The van der Waals surface area contributed by atoms with E-state index in [1.165, 1.54) is 5.56 Å². The van der Waals surface area contributed by atoms with Crippen LogP contribution < -0.4 is 10.6 Å². The molecule has 1 aromatic rings. The Balaban J connectivity index is 0.00000192. The van der Waals surface area contributed by atoms with Gasteiger partial charge in [0.1, 0.15) is 0 Å². The predicted molar refractivity (Wildman–Crippen MR) is 105 cm³/mol. The molecule has 1 saturated heterocycles. The maximum atomic E-state index is 6.02. The Morgan fingerprint density at radius 3 is 2.65 bits per heavy atom. The molecular formula is C16H24ClIN4O. The van der Waals surface area contributed by atoms with E-state index in [4.69, 9.17) is 16.3 Å². The molecule has 3 rings (SSSR count).